The Morgan fingerprint density at radius 3 is 2.82 bits per heavy atom. The Morgan fingerprint density at radius 1 is 1.18 bits per heavy atom. The van der Waals surface area contributed by atoms with E-state index >= 15 is 0 Å². The zero-order valence-corrected chi connectivity index (χ0v) is 14.5. The zero-order chi connectivity index (χ0) is 15.4. The number of hydrogen-bond acceptors (Lipinski definition) is 4. The fraction of sp³-hybridized carbons (Fsp3) is 0.294. The van der Waals surface area contributed by atoms with E-state index in [9.17, 15) is 0 Å². The van der Waals surface area contributed by atoms with E-state index in [0.29, 0.717) is 0 Å². The third kappa shape index (κ3) is 3.42. The highest BCUT2D eigenvalue weighted by molar-refractivity contribution is 7.98. The van der Waals surface area contributed by atoms with E-state index in [2.05, 4.69) is 70.4 Å². The molecular formula is C17H19N3S2. The number of aromatic nitrogens is 3. The van der Waals surface area contributed by atoms with Crippen molar-refractivity contribution in [3.63, 3.8) is 0 Å². The van der Waals surface area contributed by atoms with Gasteiger partial charge in [-0.1, -0.05) is 54.6 Å². The number of hydrogen-bond donors (Lipinski definition) is 0. The lowest BCUT2D eigenvalue weighted by molar-refractivity contribution is 0.627. The van der Waals surface area contributed by atoms with Crippen molar-refractivity contribution in [3.05, 3.63) is 52.9 Å². The molecule has 1 aromatic carbocycles. The monoisotopic (exact) mass is 329 g/mol. The predicted octanol–water partition coefficient (Wildman–Crippen LogP) is 5.02. The molecule has 0 spiro atoms. The van der Waals surface area contributed by atoms with Crippen LogP contribution in [0.1, 0.15) is 24.5 Å². The van der Waals surface area contributed by atoms with Gasteiger partial charge in [0.15, 0.2) is 11.0 Å². The first kappa shape index (κ1) is 15.3. The largest absolute Gasteiger partial charge is 0.301 e. The van der Waals surface area contributed by atoms with Gasteiger partial charge in [0.25, 0.3) is 0 Å². The van der Waals surface area contributed by atoms with E-state index in [4.69, 9.17) is 0 Å². The van der Waals surface area contributed by atoms with Gasteiger partial charge in [0.05, 0.1) is 4.88 Å². The van der Waals surface area contributed by atoms with E-state index < -0.39 is 0 Å². The summed E-state index contributed by atoms with van der Waals surface area (Å²) >= 11 is 3.47. The van der Waals surface area contributed by atoms with Crippen LogP contribution in [0.3, 0.4) is 0 Å². The smallest absolute Gasteiger partial charge is 0.191 e. The summed E-state index contributed by atoms with van der Waals surface area (Å²) in [6, 6.07) is 12.8. The maximum absolute atomic E-state index is 4.41. The van der Waals surface area contributed by atoms with Gasteiger partial charge in [-0.05, 0) is 30.4 Å². The molecule has 5 heteroatoms. The van der Waals surface area contributed by atoms with Gasteiger partial charge in [0, 0.05) is 12.3 Å². The number of aryl methyl sites for hydroxylation is 1. The van der Waals surface area contributed by atoms with E-state index in [1.807, 2.05) is 0 Å². The number of benzene rings is 1. The summed E-state index contributed by atoms with van der Waals surface area (Å²) in [5.74, 6) is 1.91. The van der Waals surface area contributed by atoms with Gasteiger partial charge in [-0.3, -0.25) is 0 Å². The first-order valence-electron chi connectivity index (χ1n) is 7.43. The van der Waals surface area contributed by atoms with Gasteiger partial charge in [-0.2, -0.15) is 0 Å². The Kier molecular flexibility index (Phi) is 4.95. The molecular weight excluding hydrogens is 310 g/mol. The molecule has 0 saturated carbocycles. The Balaban J connectivity index is 1.81. The van der Waals surface area contributed by atoms with Gasteiger partial charge in [-0.15, -0.1) is 21.5 Å². The molecule has 0 fully saturated rings. The van der Waals surface area contributed by atoms with Crippen molar-refractivity contribution in [3.8, 4) is 10.7 Å². The highest BCUT2D eigenvalue weighted by Crippen LogP contribution is 2.29. The molecule has 0 aliphatic heterocycles. The molecule has 114 valence electrons. The molecule has 2 heterocycles. The number of thioether (sulfide) groups is 1. The van der Waals surface area contributed by atoms with Gasteiger partial charge in [0.2, 0.25) is 0 Å². The van der Waals surface area contributed by atoms with Crippen molar-refractivity contribution >= 4 is 23.1 Å². The number of nitrogens with zero attached hydrogens (tertiary/aromatic N) is 3. The normalized spacial score (nSPS) is 11.0. The van der Waals surface area contributed by atoms with Crippen LogP contribution < -0.4 is 0 Å². The van der Waals surface area contributed by atoms with Crippen molar-refractivity contribution in [2.75, 3.05) is 0 Å². The van der Waals surface area contributed by atoms with Crippen LogP contribution in [0, 0.1) is 6.92 Å². The molecule has 0 atom stereocenters. The van der Waals surface area contributed by atoms with Crippen molar-refractivity contribution in [1.29, 1.82) is 0 Å². The minimum absolute atomic E-state index is 0.925. The SMILES string of the molecule is CCCn1c(SCc2cccc(C)c2)nnc1-c1cccs1. The second kappa shape index (κ2) is 7.11. The highest BCUT2D eigenvalue weighted by Gasteiger charge is 2.14. The van der Waals surface area contributed by atoms with Crippen LogP contribution in [0.2, 0.25) is 0 Å². The van der Waals surface area contributed by atoms with Crippen LogP contribution in [-0.4, -0.2) is 14.8 Å². The quantitative estimate of drug-likeness (QED) is 0.595. The Bertz CT molecular complexity index is 732. The summed E-state index contributed by atoms with van der Waals surface area (Å²) < 4.78 is 2.24. The third-order valence-corrected chi connectivity index (χ3v) is 5.26. The van der Waals surface area contributed by atoms with E-state index in [1.54, 1.807) is 23.1 Å². The van der Waals surface area contributed by atoms with Gasteiger partial charge < -0.3 is 4.57 Å². The molecule has 0 bridgehead atoms. The molecule has 2 aromatic heterocycles. The first-order valence-corrected chi connectivity index (χ1v) is 9.30. The van der Waals surface area contributed by atoms with Crippen molar-refractivity contribution in [2.24, 2.45) is 0 Å². The molecule has 0 aliphatic rings. The van der Waals surface area contributed by atoms with Crippen LogP contribution in [-0.2, 0) is 12.3 Å². The standard InChI is InChI=1S/C17H19N3S2/c1-3-9-20-16(15-8-5-10-21-15)18-19-17(20)22-12-14-7-4-6-13(2)11-14/h4-8,10-11H,3,9,12H2,1-2H3. The fourth-order valence-corrected chi connectivity index (χ4v) is 3.98. The second-order valence-electron chi connectivity index (χ2n) is 5.21. The lowest BCUT2D eigenvalue weighted by atomic mass is 10.2. The second-order valence-corrected chi connectivity index (χ2v) is 7.10. The third-order valence-electron chi connectivity index (χ3n) is 3.36. The van der Waals surface area contributed by atoms with E-state index in [1.165, 1.54) is 16.0 Å². The average molecular weight is 329 g/mol. The summed E-state index contributed by atoms with van der Waals surface area (Å²) in [5, 5.41) is 11.9. The minimum atomic E-state index is 0.925. The molecule has 3 nitrogen and oxygen atoms in total. The van der Waals surface area contributed by atoms with Crippen molar-refractivity contribution in [1.82, 2.24) is 14.8 Å². The molecule has 0 N–H and O–H groups in total. The maximum Gasteiger partial charge on any atom is 0.191 e. The summed E-state index contributed by atoms with van der Waals surface area (Å²) in [7, 11) is 0. The lowest BCUT2D eigenvalue weighted by Gasteiger charge is -2.08. The van der Waals surface area contributed by atoms with Gasteiger partial charge in [-0.25, -0.2) is 0 Å². The van der Waals surface area contributed by atoms with Gasteiger partial charge >= 0.3 is 0 Å². The summed E-state index contributed by atoms with van der Waals surface area (Å²) in [6.07, 6.45) is 1.08. The fourth-order valence-electron chi connectivity index (χ4n) is 2.36. The average Bonchev–Trinajstić information content (AvgIpc) is 3.15. The highest BCUT2D eigenvalue weighted by atomic mass is 32.2. The molecule has 3 aromatic rings. The maximum atomic E-state index is 4.41. The number of rotatable bonds is 6. The van der Waals surface area contributed by atoms with Crippen molar-refractivity contribution < 1.29 is 0 Å². The van der Waals surface area contributed by atoms with Crippen LogP contribution in [0.25, 0.3) is 10.7 Å². The van der Waals surface area contributed by atoms with Gasteiger partial charge in [0.1, 0.15) is 0 Å². The first-order chi connectivity index (χ1) is 10.8. The lowest BCUT2D eigenvalue weighted by Crippen LogP contribution is -2.01. The topological polar surface area (TPSA) is 30.7 Å². The van der Waals surface area contributed by atoms with Crippen LogP contribution in [0.15, 0.2) is 46.9 Å². The van der Waals surface area contributed by atoms with Crippen LogP contribution in [0.4, 0.5) is 0 Å². The molecule has 0 saturated heterocycles. The summed E-state index contributed by atoms with van der Waals surface area (Å²) in [5.41, 5.74) is 2.63. The number of thiophene rings is 1. The van der Waals surface area contributed by atoms with Crippen LogP contribution >= 0.6 is 23.1 Å². The molecule has 22 heavy (non-hydrogen) atoms. The van der Waals surface area contributed by atoms with E-state index in [0.717, 1.165) is 29.7 Å². The predicted molar refractivity (Wildman–Crippen MR) is 94.4 cm³/mol. The molecule has 0 unspecified atom stereocenters. The van der Waals surface area contributed by atoms with E-state index in [-0.39, 0.29) is 0 Å². The Morgan fingerprint density at radius 2 is 2.09 bits per heavy atom. The Labute approximate surface area is 139 Å². The minimum Gasteiger partial charge on any atom is -0.301 e. The molecule has 0 aliphatic carbocycles. The summed E-state index contributed by atoms with van der Waals surface area (Å²) in [4.78, 5) is 1.18. The van der Waals surface area contributed by atoms with Crippen molar-refractivity contribution in [2.45, 2.75) is 37.7 Å². The summed E-state index contributed by atoms with van der Waals surface area (Å²) in [6.45, 7) is 5.27. The molecule has 0 amide bonds. The zero-order valence-electron chi connectivity index (χ0n) is 12.8. The molecule has 3 rings (SSSR count). The molecule has 0 radical (unpaired) electrons. The Hall–Kier alpha value is -1.59. The van der Waals surface area contributed by atoms with Crippen LogP contribution in [0.5, 0.6) is 0 Å².